The highest BCUT2D eigenvalue weighted by molar-refractivity contribution is 5.98. The monoisotopic (exact) mass is 484 g/mol. The Morgan fingerprint density at radius 1 is 1.20 bits per heavy atom. The zero-order valence-electron chi connectivity index (χ0n) is 20.0. The highest BCUT2D eigenvalue weighted by atomic mass is 19.1. The summed E-state index contributed by atoms with van der Waals surface area (Å²) < 4.78 is 27.8. The number of aromatic nitrogens is 4. The zero-order valence-corrected chi connectivity index (χ0v) is 20.0. The smallest absolute Gasteiger partial charge is 0.252 e. The van der Waals surface area contributed by atoms with Crippen LogP contribution in [0.1, 0.15) is 68.0 Å². The van der Waals surface area contributed by atoms with Gasteiger partial charge in [0.25, 0.3) is 5.91 Å². The van der Waals surface area contributed by atoms with E-state index in [9.17, 15) is 9.18 Å². The fourth-order valence-electron chi connectivity index (χ4n) is 4.86. The van der Waals surface area contributed by atoms with Crippen LogP contribution in [0.2, 0.25) is 0 Å². The number of carbonyl (C=O) groups excluding carboxylic acids is 1. The molecule has 0 aliphatic carbocycles. The number of benzene rings is 1. The Labute approximate surface area is 203 Å². The number of imidazole rings is 1. The van der Waals surface area contributed by atoms with Crippen LogP contribution < -0.4 is 10.5 Å². The second kappa shape index (κ2) is 10.7. The van der Waals surface area contributed by atoms with Crippen LogP contribution in [0.15, 0.2) is 18.3 Å². The molecule has 0 saturated carbocycles. The van der Waals surface area contributed by atoms with Crippen molar-refractivity contribution >= 4 is 16.9 Å². The Morgan fingerprint density at radius 2 is 2.06 bits per heavy atom. The maximum atomic E-state index is 14.7. The number of nitrogens with two attached hydrogens (primary N) is 1. The molecule has 4 heterocycles. The molecule has 3 N–H and O–H groups in total. The van der Waals surface area contributed by atoms with E-state index in [0.717, 1.165) is 38.6 Å². The van der Waals surface area contributed by atoms with Gasteiger partial charge in [0.05, 0.1) is 23.2 Å². The topological polar surface area (TPSA) is 111 Å². The summed E-state index contributed by atoms with van der Waals surface area (Å²) in [5.41, 5.74) is 7.19. The number of hydrogen-bond donors (Lipinski definition) is 2. The van der Waals surface area contributed by atoms with E-state index in [1.807, 2.05) is 0 Å². The van der Waals surface area contributed by atoms with E-state index < -0.39 is 11.7 Å². The molecule has 1 amide bonds. The number of nitrogens with zero attached hydrogens (tertiary/aromatic N) is 4. The van der Waals surface area contributed by atoms with Gasteiger partial charge in [0.1, 0.15) is 11.9 Å². The number of halogens is 1. The quantitative estimate of drug-likeness (QED) is 0.444. The van der Waals surface area contributed by atoms with Crippen LogP contribution in [0.5, 0.6) is 5.75 Å². The number of H-pyrrole nitrogens is 1. The van der Waals surface area contributed by atoms with E-state index in [2.05, 4.69) is 20.0 Å². The molecule has 10 heteroatoms. The molecule has 0 radical (unpaired) electrons. The molecule has 1 atom stereocenters. The summed E-state index contributed by atoms with van der Waals surface area (Å²) >= 11 is 0. The van der Waals surface area contributed by atoms with Crippen molar-refractivity contribution in [3.8, 4) is 17.3 Å². The first-order valence-electron chi connectivity index (χ1n) is 12.6. The molecule has 2 aliphatic heterocycles. The van der Waals surface area contributed by atoms with Crippen molar-refractivity contribution in [3.63, 3.8) is 0 Å². The zero-order chi connectivity index (χ0) is 24.2. The minimum Gasteiger partial charge on any atom is -0.490 e. The van der Waals surface area contributed by atoms with Gasteiger partial charge in [-0.1, -0.05) is 6.42 Å². The minimum atomic E-state index is -0.609. The third-order valence-corrected chi connectivity index (χ3v) is 6.78. The lowest BCUT2D eigenvalue weighted by atomic mass is 10.1. The number of piperidine rings is 1. The molecule has 2 aromatic heterocycles. The van der Waals surface area contributed by atoms with Crippen LogP contribution in [-0.4, -0.2) is 63.4 Å². The second-order valence-electron chi connectivity index (χ2n) is 9.40. The van der Waals surface area contributed by atoms with Crippen LogP contribution in [-0.2, 0) is 4.74 Å². The van der Waals surface area contributed by atoms with Gasteiger partial charge in [-0.25, -0.2) is 14.1 Å². The molecule has 188 valence electrons. The molecule has 0 bridgehead atoms. The van der Waals surface area contributed by atoms with E-state index >= 15 is 0 Å². The number of nitrogens with one attached hydrogen (secondary N) is 1. The highest BCUT2D eigenvalue weighted by Crippen LogP contribution is 2.29. The first-order valence-corrected chi connectivity index (χ1v) is 12.6. The van der Waals surface area contributed by atoms with Crippen LogP contribution in [0, 0.1) is 5.82 Å². The molecular formula is C25H33FN6O3. The number of amides is 1. The predicted molar refractivity (Wildman–Crippen MR) is 130 cm³/mol. The molecule has 1 unspecified atom stereocenters. The lowest BCUT2D eigenvalue weighted by Gasteiger charge is -2.26. The number of rotatable bonds is 9. The van der Waals surface area contributed by atoms with Gasteiger partial charge in [-0.05, 0) is 64.6 Å². The van der Waals surface area contributed by atoms with E-state index in [4.69, 9.17) is 15.2 Å². The molecule has 3 aromatic rings. The maximum Gasteiger partial charge on any atom is 0.252 e. The molecule has 0 spiro atoms. The fourth-order valence-corrected chi connectivity index (χ4v) is 4.86. The van der Waals surface area contributed by atoms with Gasteiger partial charge in [0, 0.05) is 24.9 Å². The van der Waals surface area contributed by atoms with Crippen molar-refractivity contribution in [1.82, 2.24) is 24.6 Å². The van der Waals surface area contributed by atoms with Gasteiger partial charge in [-0.15, -0.1) is 0 Å². The van der Waals surface area contributed by atoms with Crippen LogP contribution >= 0.6 is 0 Å². The Kier molecular flexibility index (Phi) is 7.29. The molecule has 2 aliphatic rings. The van der Waals surface area contributed by atoms with E-state index in [-0.39, 0.29) is 17.5 Å². The molecule has 5 rings (SSSR count). The third kappa shape index (κ3) is 5.48. The SMILES string of the molecule is NC(=O)c1cn(C2CCCCO2)nc1-c1nc2cc(OCCCCN3CCCCC3)c(F)cc2[nH]1. The lowest BCUT2D eigenvalue weighted by Crippen LogP contribution is -2.30. The standard InChI is InChI=1S/C25H33FN6O3/c26-18-14-19-20(15-21(18)34-12-7-5-11-31-9-3-1-4-10-31)29-25(28-19)23-17(24(27)33)16-32(30-23)22-8-2-6-13-35-22/h14-16,22H,1-13H2,(H2,27,33)(H,28,29). The number of aromatic amines is 1. The largest absolute Gasteiger partial charge is 0.490 e. The van der Waals surface area contributed by atoms with Crippen LogP contribution in [0.25, 0.3) is 22.6 Å². The molecule has 2 saturated heterocycles. The summed E-state index contributed by atoms with van der Waals surface area (Å²) in [6.07, 6.45) is 9.98. The average molecular weight is 485 g/mol. The number of carbonyl (C=O) groups is 1. The summed E-state index contributed by atoms with van der Waals surface area (Å²) in [5, 5.41) is 4.54. The number of hydrogen-bond acceptors (Lipinski definition) is 6. The Bertz CT molecular complexity index is 1160. The summed E-state index contributed by atoms with van der Waals surface area (Å²) in [6, 6.07) is 2.95. The van der Waals surface area contributed by atoms with E-state index in [1.165, 1.54) is 38.4 Å². The first-order chi connectivity index (χ1) is 17.1. The van der Waals surface area contributed by atoms with Crippen LogP contribution in [0.3, 0.4) is 0 Å². The Hall–Kier alpha value is -2.98. The first kappa shape index (κ1) is 23.7. The second-order valence-corrected chi connectivity index (χ2v) is 9.40. The van der Waals surface area contributed by atoms with Crippen molar-refractivity contribution in [2.24, 2.45) is 5.73 Å². The highest BCUT2D eigenvalue weighted by Gasteiger charge is 2.24. The van der Waals surface area contributed by atoms with Gasteiger partial charge in [0.15, 0.2) is 17.4 Å². The summed E-state index contributed by atoms with van der Waals surface area (Å²) in [7, 11) is 0. The number of primary amides is 1. The lowest BCUT2D eigenvalue weighted by molar-refractivity contribution is -0.0393. The molecule has 9 nitrogen and oxygen atoms in total. The molecule has 1 aromatic carbocycles. The summed E-state index contributed by atoms with van der Waals surface area (Å²) in [6.45, 7) is 4.52. The average Bonchev–Trinajstić information content (AvgIpc) is 3.49. The number of fused-ring (bicyclic) bond motifs is 1. The van der Waals surface area contributed by atoms with Crippen molar-refractivity contribution in [2.75, 3.05) is 32.8 Å². The normalized spacial score (nSPS) is 19.3. The molecule has 2 fully saturated rings. The van der Waals surface area contributed by atoms with Gasteiger partial charge in [-0.3, -0.25) is 4.79 Å². The predicted octanol–water partition coefficient (Wildman–Crippen LogP) is 4.01. The van der Waals surface area contributed by atoms with Crippen LogP contribution in [0.4, 0.5) is 4.39 Å². The van der Waals surface area contributed by atoms with Gasteiger partial charge < -0.3 is 25.1 Å². The minimum absolute atomic E-state index is 0.171. The van der Waals surface area contributed by atoms with E-state index in [0.29, 0.717) is 35.8 Å². The number of unbranched alkanes of at least 4 members (excludes halogenated alkanes) is 1. The Morgan fingerprint density at radius 3 is 2.83 bits per heavy atom. The van der Waals surface area contributed by atoms with Gasteiger partial charge in [-0.2, -0.15) is 5.10 Å². The fraction of sp³-hybridized carbons (Fsp3) is 0.560. The van der Waals surface area contributed by atoms with Crippen molar-refractivity contribution in [1.29, 1.82) is 0 Å². The van der Waals surface area contributed by atoms with Crippen molar-refractivity contribution in [3.05, 3.63) is 29.7 Å². The maximum absolute atomic E-state index is 14.7. The number of ether oxygens (including phenoxy) is 2. The van der Waals surface area contributed by atoms with Gasteiger partial charge in [0.2, 0.25) is 0 Å². The third-order valence-electron chi connectivity index (χ3n) is 6.78. The van der Waals surface area contributed by atoms with Gasteiger partial charge >= 0.3 is 0 Å². The number of likely N-dealkylation sites (tertiary alicyclic amines) is 1. The summed E-state index contributed by atoms with van der Waals surface area (Å²) in [5.74, 6) is -0.548. The summed E-state index contributed by atoms with van der Waals surface area (Å²) in [4.78, 5) is 22.2. The molecule has 35 heavy (non-hydrogen) atoms. The van der Waals surface area contributed by atoms with Crippen molar-refractivity contribution in [2.45, 2.75) is 57.6 Å². The Balaban J connectivity index is 1.28. The van der Waals surface area contributed by atoms with Crippen molar-refractivity contribution < 1.29 is 18.7 Å². The van der Waals surface area contributed by atoms with E-state index in [1.54, 1.807) is 16.9 Å². The molecular weight excluding hydrogens is 451 g/mol.